The Labute approximate surface area is 172 Å². The van der Waals surface area contributed by atoms with E-state index in [-0.39, 0.29) is 29.6 Å². The minimum Gasteiger partial charge on any atom is -0.343 e. The van der Waals surface area contributed by atoms with Crippen molar-refractivity contribution in [2.45, 2.75) is 18.8 Å². The SMILES string of the molecule is O=C(NCC(=O)N1CCCC(c2nc3ccccc3[nH]2)C1)c1cccc([N+](=O)[O-])c1. The first-order valence-electron chi connectivity index (χ1n) is 9.76. The number of hydrogen-bond acceptors (Lipinski definition) is 5. The summed E-state index contributed by atoms with van der Waals surface area (Å²) in [5, 5.41) is 13.4. The smallest absolute Gasteiger partial charge is 0.270 e. The van der Waals surface area contributed by atoms with Crippen molar-refractivity contribution in [2.75, 3.05) is 19.6 Å². The van der Waals surface area contributed by atoms with Gasteiger partial charge in [0.15, 0.2) is 0 Å². The molecule has 30 heavy (non-hydrogen) atoms. The predicted octanol–water partition coefficient (Wildman–Crippen LogP) is 2.61. The molecule has 9 nitrogen and oxygen atoms in total. The van der Waals surface area contributed by atoms with E-state index in [1.54, 1.807) is 4.90 Å². The molecule has 2 N–H and O–H groups in total. The molecule has 0 bridgehead atoms. The van der Waals surface area contributed by atoms with Gasteiger partial charge in [-0.3, -0.25) is 19.7 Å². The normalized spacial score (nSPS) is 16.4. The fourth-order valence-electron chi connectivity index (χ4n) is 3.72. The van der Waals surface area contributed by atoms with Gasteiger partial charge in [0.2, 0.25) is 5.91 Å². The number of nitrogens with one attached hydrogen (secondary N) is 2. The number of nitro groups is 1. The summed E-state index contributed by atoms with van der Waals surface area (Å²) in [5.74, 6) is 0.282. The molecule has 1 aliphatic heterocycles. The van der Waals surface area contributed by atoms with E-state index >= 15 is 0 Å². The van der Waals surface area contributed by atoms with E-state index in [1.807, 2.05) is 24.3 Å². The number of aromatic nitrogens is 2. The van der Waals surface area contributed by atoms with Crippen LogP contribution in [0, 0.1) is 10.1 Å². The number of nitrogens with zero attached hydrogens (tertiary/aromatic N) is 3. The van der Waals surface area contributed by atoms with Gasteiger partial charge in [-0.1, -0.05) is 18.2 Å². The molecule has 2 amide bonds. The minimum absolute atomic E-state index is 0.113. The maximum atomic E-state index is 12.6. The summed E-state index contributed by atoms with van der Waals surface area (Å²) in [6, 6.07) is 13.2. The molecule has 2 aromatic carbocycles. The van der Waals surface area contributed by atoms with Gasteiger partial charge in [-0.25, -0.2) is 4.98 Å². The molecule has 0 aliphatic carbocycles. The lowest BCUT2D eigenvalue weighted by atomic mass is 9.97. The second-order valence-corrected chi connectivity index (χ2v) is 7.31. The van der Waals surface area contributed by atoms with Gasteiger partial charge in [0.25, 0.3) is 11.6 Å². The predicted molar refractivity (Wildman–Crippen MR) is 110 cm³/mol. The molecule has 0 radical (unpaired) electrons. The molecule has 1 atom stereocenters. The van der Waals surface area contributed by atoms with Gasteiger partial charge in [0.1, 0.15) is 5.82 Å². The number of imidazole rings is 1. The van der Waals surface area contributed by atoms with Gasteiger partial charge in [-0.15, -0.1) is 0 Å². The van der Waals surface area contributed by atoms with Crippen LogP contribution in [0.25, 0.3) is 11.0 Å². The Bertz CT molecular complexity index is 1080. The summed E-state index contributed by atoms with van der Waals surface area (Å²) in [6.07, 6.45) is 1.79. The van der Waals surface area contributed by atoms with Crippen LogP contribution in [-0.2, 0) is 4.79 Å². The molecular formula is C21H21N5O4. The molecule has 0 saturated carbocycles. The van der Waals surface area contributed by atoms with E-state index < -0.39 is 10.8 Å². The summed E-state index contributed by atoms with van der Waals surface area (Å²) in [6.45, 7) is 1.00. The summed E-state index contributed by atoms with van der Waals surface area (Å²) >= 11 is 0. The zero-order valence-corrected chi connectivity index (χ0v) is 16.2. The van der Waals surface area contributed by atoms with Gasteiger partial charge in [0.05, 0.1) is 22.5 Å². The minimum atomic E-state index is -0.562. The van der Waals surface area contributed by atoms with Gasteiger partial charge < -0.3 is 15.2 Å². The Morgan fingerprint density at radius 3 is 2.87 bits per heavy atom. The Balaban J connectivity index is 1.37. The van der Waals surface area contributed by atoms with E-state index in [1.165, 1.54) is 24.3 Å². The first kappa shape index (κ1) is 19.6. The third-order valence-electron chi connectivity index (χ3n) is 5.29. The molecular weight excluding hydrogens is 386 g/mol. The van der Waals surface area contributed by atoms with Gasteiger partial charge in [0, 0.05) is 36.7 Å². The number of nitro benzene ring substituents is 1. The molecule has 4 rings (SSSR count). The van der Waals surface area contributed by atoms with Crippen LogP contribution in [0.3, 0.4) is 0 Å². The number of carbonyl (C=O) groups is 2. The second kappa shape index (κ2) is 8.32. The van der Waals surface area contributed by atoms with Gasteiger partial charge in [-0.2, -0.15) is 0 Å². The average Bonchev–Trinajstić information content (AvgIpc) is 3.22. The maximum Gasteiger partial charge on any atom is 0.270 e. The highest BCUT2D eigenvalue weighted by Gasteiger charge is 2.27. The first-order valence-corrected chi connectivity index (χ1v) is 9.76. The van der Waals surface area contributed by atoms with Crippen LogP contribution in [0.2, 0.25) is 0 Å². The highest BCUT2D eigenvalue weighted by Crippen LogP contribution is 2.26. The van der Waals surface area contributed by atoms with Crippen LogP contribution in [0.5, 0.6) is 0 Å². The lowest BCUT2D eigenvalue weighted by Crippen LogP contribution is -2.44. The third-order valence-corrected chi connectivity index (χ3v) is 5.29. The van der Waals surface area contributed by atoms with Crippen molar-refractivity contribution in [1.29, 1.82) is 0 Å². The van der Waals surface area contributed by atoms with Crippen molar-refractivity contribution in [3.8, 4) is 0 Å². The Morgan fingerprint density at radius 2 is 2.07 bits per heavy atom. The van der Waals surface area contributed by atoms with Crippen LogP contribution >= 0.6 is 0 Å². The van der Waals surface area contributed by atoms with Crippen LogP contribution < -0.4 is 5.32 Å². The van der Waals surface area contributed by atoms with E-state index in [4.69, 9.17) is 0 Å². The molecule has 2 heterocycles. The molecule has 1 fully saturated rings. The number of para-hydroxylation sites is 2. The Morgan fingerprint density at radius 1 is 1.23 bits per heavy atom. The number of carbonyl (C=O) groups excluding carboxylic acids is 2. The molecule has 1 aromatic heterocycles. The van der Waals surface area contributed by atoms with Crippen molar-refractivity contribution >= 4 is 28.5 Å². The lowest BCUT2D eigenvalue weighted by Gasteiger charge is -2.32. The van der Waals surface area contributed by atoms with Crippen molar-refractivity contribution in [2.24, 2.45) is 0 Å². The zero-order chi connectivity index (χ0) is 21.1. The average molecular weight is 407 g/mol. The first-order chi connectivity index (χ1) is 14.5. The van der Waals surface area contributed by atoms with Crippen LogP contribution in [0.15, 0.2) is 48.5 Å². The van der Waals surface area contributed by atoms with E-state index in [2.05, 4.69) is 15.3 Å². The van der Waals surface area contributed by atoms with Crippen LogP contribution in [-0.4, -0.2) is 51.2 Å². The fourth-order valence-corrected chi connectivity index (χ4v) is 3.72. The largest absolute Gasteiger partial charge is 0.343 e. The van der Waals surface area contributed by atoms with E-state index in [0.29, 0.717) is 13.1 Å². The van der Waals surface area contributed by atoms with Crippen molar-refractivity contribution in [1.82, 2.24) is 20.2 Å². The third kappa shape index (κ3) is 4.14. The standard InChI is InChI=1S/C21H21N5O4/c27-19(12-22-21(28)14-5-3-7-16(11-14)26(29)30)25-10-4-6-15(13-25)20-23-17-8-1-2-9-18(17)24-20/h1-3,5,7-9,11,15H,4,6,10,12-13H2,(H,22,28)(H,23,24). The fraction of sp³-hybridized carbons (Fsp3) is 0.286. The number of non-ortho nitro benzene ring substituents is 1. The number of likely N-dealkylation sites (tertiary alicyclic amines) is 1. The second-order valence-electron chi connectivity index (χ2n) is 7.31. The summed E-state index contributed by atoms with van der Waals surface area (Å²) in [5.41, 5.74) is 1.86. The van der Waals surface area contributed by atoms with Gasteiger partial charge in [-0.05, 0) is 31.0 Å². The highest BCUT2D eigenvalue weighted by molar-refractivity contribution is 5.97. The van der Waals surface area contributed by atoms with E-state index in [9.17, 15) is 19.7 Å². The van der Waals surface area contributed by atoms with Crippen molar-refractivity contribution in [3.63, 3.8) is 0 Å². The van der Waals surface area contributed by atoms with Crippen molar-refractivity contribution in [3.05, 3.63) is 70.0 Å². The molecule has 1 saturated heterocycles. The monoisotopic (exact) mass is 407 g/mol. The molecule has 3 aromatic rings. The van der Waals surface area contributed by atoms with Crippen LogP contribution in [0.1, 0.15) is 34.9 Å². The molecule has 0 spiro atoms. The van der Waals surface area contributed by atoms with Gasteiger partial charge >= 0.3 is 0 Å². The number of piperidine rings is 1. The van der Waals surface area contributed by atoms with Crippen molar-refractivity contribution < 1.29 is 14.5 Å². The number of H-pyrrole nitrogens is 1. The molecule has 9 heteroatoms. The molecule has 1 aliphatic rings. The molecule has 1 unspecified atom stereocenters. The number of rotatable bonds is 5. The number of aromatic amines is 1. The Hall–Kier alpha value is -3.75. The summed E-state index contributed by atoms with van der Waals surface area (Å²) in [4.78, 5) is 44.9. The zero-order valence-electron chi connectivity index (χ0n) is 16.2. The van der Waals surface area contributed by atoms with E-state index in [0.717, 1.165) is 29.7 Å². The lowest BCUT2D eigenvalue weighted by molar-refractivity contribution is -0.384. The maximum absolute atomic E-state index is 12.6. The number of amides is 2. The topological polar surface area (TPSA) is 121 Å². The molecule has 154 valence electrons. The summed E-state index contributed by atoms with van der Waals surface area (Å²) in [7, 11) is 0. The number of hydrogen-bond donors (Lipinski definition) is 2. The highest BCUT2D eigenvalue weighted by atomic mass is 16.6. The quantitative estimate of drug-likeness (QED) is 0.497. The number of benzene rings is 2. The summed E-state index contributed by atoms with van der Waals surface area (Å²) < 4.78 is 0. The Kier molecular flexibility index (Phi) is 5.42. The van der Waals surface area contributed by atoms with Crippen LogP contribution in [0.4, 0.5) is 5.69 Å². The number of fused-ring (bicyclic) bond motifs is 1.